The van der Waals surface area contributed by atoms with Gasteiger partial charge in [-0.15, -0.1) is 0 Å². The number of hydrogen-bond acceptors (Lipinski definition) is 6. The molecule has 172 valence electrons. The van der Waals surface area contributed by atoms with Gasteiger partial charge in [-0.2, -0.15) is 0 Å². The first-order valence-corrected chi connectivity index (χ1v) is 11.4. The molecule has 4 rings (SSSR count). The Morgan fingerprint density at radius 1 is 1.18 bits per heavy atom. The number of allylic oxidation sites excluding steroid dienone is 2. The zero-order valence-electron chi connectivity index (χ0n) is 18.9. The van der Waals surface area contributed by atoms with E-state index in [0.717, 1.165) is 61.5 Å². The van der Waals surface area contributed by atoms with E-state index in [1.807, 2.05) is 25.1 Å². The van der Waals surface area contributed by atoms with Crippen molar-refractivity contribution in [2.45, 2.75) is 39.0 Å². The van der Waals surface area contributed by atoms with E-state index >= 15 is 4.39 Å². The summed E-state index contributed by atoms with van der Waals surface area (Å²) in [5, 5.41) is 21.5. The summed E-state index contributed by atoms with van der Waals surface area (Å²) in [4.78, 5) is 14.8. The fourth-order valence-corrected chi connectivity index (χ4v) is 4.66. The molecule has 6 nitrogen and oxygen atoms in total. The van der Waals surface area contributed by atoms with Crippen molar-refractivity contribution in [3.63, 3.8) is 0 Å². The average molecular weight is 449 g/mol. The second-order valence-electron chi connectivity index (χ2n) is 8.23. The number of aryl methyl sites for hydroxylation is 1. The van der Waals surface area contributed by atoms with Crippen LogP contribution in [-0.4, -0.2) is 53.6 Å². The van der Waals surface area contributed by atoms with Crippen molar-refractivity contribution in [1.29, 1.82) is 0 Å². The number of phenols is 1. The first-order chi connectivity index (χ1) is 16.1. The van der Waals surface area contributed by atoms with Crippen molar-refractivity contribution in [2.24, 2.45) is 15.0 Å². The van der Waals surface area contributed by atoms with E-state index in [4.69, 9.17) is 0 Å². The topological polar surface area (TPSA) is 80.8 Å². The van der Waals surface area contributed by atoms with Crippen molar-refractivity contribution in [3.8, 4) is 5.75 Å². The van der Waals surface area contributed by atoms with Gasteiger partial charge in [0.1, 0.15) is 29.7 Å². The van der Waals surface area contributed by atoms with Gasteiger partial charge in [0.05, 0.1) is 5.57 Å². The summed E-state index contributed by atoms with van der Waals surface area (Å²) in [7, 11) is 0. The summed E-state index contributed by atoms with van der Waals surface area (Å²) < 4.78 is 16.0. The second kappa shape index (κ2) is 10.1. The van der Waals surface area contributed by atoms with E-state index in [1.54, 1.807) is 12.3 Å². The van der Waals surface area contributed by atoms with Crippen molar-refractivity contribution in [3.05, 3.63) is 58.7 Å². The predicted molar refractivity (Wildman–Crippen MR) is 133 cm³/mol. The predicted octanol–water partition coefficient (Wildman–Crippen LogP) is 5.01. The molecule has 7 heteroatoms. The molecule has 0 amide bonds. The van der Waals surface area contributed by atoms with Crippen molar-refractivity contribution >= 4 is 35.1 Å². The summed E-state index contributed by atoms with van der Waals surface area (Å²) in [6, 6.07) is 8.98. The number of aliphatic imine (C=N–C) groups is 3. The van der Waals surface area contributed by atoms with E-state index in [2.05, 4.69) is 26.6 Å². The molecule has 1 saturated heterocycles. The van der Waals surface area contributed by atoms with Gasteiger partial charge in [-0.25, -0.2) is 9.38 Å². The van der Waals surface area contributed by atoms with Gasteiger partial charge in [0.25, 0.3) is 0 Å². The molecule has 0 aliphatic carbocycles. The lowest BCUT2D eigenvalue weighted by molar-refractivity contribution is 0.309. The SMILES string of the molecule is C=N/C(=C1/C=NC(c2cc(O)cc3cccc(CC)c23)=C(F)C1=NCO)N1CCCCCC1. The van der Waals surface area contributed by atoms with Crippen LogP contribution in [0.15, 0.2) is 62.5 Å². The molecule has 0 saturated carbocycles. The minimum absolute atomic E-state index is 0.000352. The van der Waals surface area contributed by atoms with Gasteiger partial charge >= 0.3 is 0 Å². The third-order valence-electron chi connectivity index (χ3n) is 6.20. The Balaban J connectivity index is 1.90. The summed E-state index contributed by atoms with van der Waals surface area (Å²) in [6.07, 6.45) is 6.63. The average Bonchev–Trinajstić information content (AvgIpc) is 3.10. The molecule has 0 spiro atoms. The Bertz CT molecular complexity index is 1190. The van der Waals surface area contributed by atoms with Gasteiger partial charge in [-0.05, 0) is 54.4 Å². The lowest BCUT2D eigenvalue weighted by Gasteiger charge is -2.26. The maximum atomic E-state index is 16.0. The van der Waals surface area contributed by atoms with E-state index in [0.29, 0.717) is 17.0 Å². The smallest absolute Gasteiger partial charge is 0.175 e. The van der Waals surface area contributed by atoms with Crippen molar-refractivity contribution in [1.82, 2.24) is 4.90 Å². The molecule has 2 aromatic rings. The molecule has 0 unspecified atom stereocenters. The Morgan fingerprint density at radius 3 is 2.61 bits per heavy atom. The highest BCUT2D eigenvalue weighted by Gasteiger charge is 2.28. The molecule has 33 heavy (non-hydrogen) atoms. The zero-order chi connectivity index (χ0) is 23.4. The Labute approximate surface area is 193 Å². The number of likely N-dealkylation sites (tertiary alicyclic amines) is 1. The lowest BCUT2D eigenvalue weighted by atomic mass is 9.93. The largest absolute Gasteiger partial charge is 0.508 e. The zero-order valence-corrected chi connectivity index (χ0v) is 18.9. The molecule has 2 aromatic carbocycles. The Morgan fingerprint density at radius 2 is 1.94 bits per heavy atom. The number of nitrogens with zero attached hydrogens (tertiary/aromatic N) is 4. The Hall–Kier alpha value is -3.32. The molecule has 2 N–H and O–H groups in total. The van der Waals surface area contributed by atoms with Crippen LogP contribution in [0.25, 0.3) is 16.5 Å². The van der Waals surface area contributed by atoms with E-state index < -0.39 is 12.6 Å². The number of hydrogen-bond donors (Lipinski definition) is 2. The van der Waals surface area contributed by atoms with Gasteiger partial charge in [0, 0.05) is 24.9 Å². The summed E-state index contributed by atoms with van der Waals surface area (Å²) in [5.74, 6) is -0.103. The number of aliphatic hydroxyl groups is 1. The van der Waals surface area contributed by atoms with Crippen LogP contribution in [-0.2, 0) is 6.42 Å². The molecule has 2 heterocycles. The number of phenolic OH excluding ortho intramolecular Hbond substituents is 1. The summed E-state index contributed by atoms with van der Waals surface area (Å²) in [5.41, 5.74) is 2.00. The number of aliphatic hydroxyl groups excluding tert-OH is 1. The molecule has 0 radical (unpaired) electrons. The lowest BCUT2D eigenvalue weighted by Crippen LogP contribution is -2.27. The number of rotatable bonds is 5. The van der Waals surface area contributed by atoms with Crippen LogP contribution in [0.5, 0.6) is 5.75 Å². The van der Waals surface area contributed by atoms with Crippen molar-refractivity contribution in [2.75, 3.05) is 19.8 Å². The first kappa shape index (κ1) is 22.9. The molecular weight excluding hydrogens is 419 g/mol. The highest BCUT2D eigenvalue weighted by atomic mass is 19.1. The molecule has 0 aromatic heterocycles. The van der Waals surface area contributed by atoms with E-state index in [-0.39, 0.29) is 17.2 Å². The monoisotopic (exact) mass is 448 g/mol. The Kier molecular flexibility index (Phi) is 6.99. The summed E-state index contributed by atoms with van der Waals surface area (Å²) >= 11 is 0. The molecule has 2 aliphatic heterocycles. The number of fused-ring (bicyclic) bond motifs is 1. The van der Waals surface area contributed by atoms with Crippen LogP contribution in [0.1, 0.15) is 43.7 Å². The van der Waals surface area contributed by atoms with Gasteiger partial charge in [0.15, 0.2) is 5.83 Å². The summed E-state index contributed by atoms with van der Waals surface area (Å²) in [6.45, 7) is 6.77. The molecule has 0 bridgehead atoms. The standard InChI is InChI=1S/C26H29FN4O2/c1-3-17-9-8-10-18-13-19(33)14-20(22(17)18)24-23(27)25(30-16-32)21(15-29-24)26(28-2)31-11-6-4-5-7-12-31/h8-10,13-15,32-33H,2-7,11-12,16H2,1H3/b26-21+,30-25?. The van der Waals surface area contributed by atoms with Crippen LogP contribution in [0.2, 0.25) is 0 Å². The first-order valence-electron chi connectivity index (χ1n) is 11.4. The highest BCUT2D eigenvalue weighted by Crippen LogP contribution is 2.37. The van der Waals surface area contributed by atoms with Crippen LogP contribution in [0.3, 0.4) is 0 Å². The fourth-order valence-electron chi connectivity index (χ4n) is 4.66. The van der Waals surface area contributed by atoms with Crippen LogP contribution >= 0.6 is 0 Å². The van der Waals surface area contributed by atoms with Gasteiger partial charge in [0.2, 0.25) is 0 Å². The molecular formula is C26H29FN4O2. The normalized spacial score (nSPS) is 19.8. The van der Waals surface area contributed by atoms with Crippen LogP contribution in [0.4, 0.5) is 4.39 Å². The maximum absolute atomic E-state index is 16.0. The molecule has 1 fully saturated rings. The molecule has 2 aliphatic rings. The van der Waals surface area contributed by atoms with Gasteiger partial charge in [-0.3, -0.25) is 9.98 Å². The third-order valence-corrected chi connectivity index (χ3v) is 6.20. The fraction of sp³-hybridized carbons (Fsp3) is 0.346. The highest BCUT2D eigenvalue weighted by molar-refractivity contribution is 6.29. The van der Waals surface area contributed by atoms with Crippen LogP contribution in [0, 0.1) is 0 Å². The molecule has 0 atom stereocenters. The quantitative estimate of drug-likeness (QED) is 0.631. The minimum Gasteiger partial charge on any atom is -0.508 e. The minimum atomic E-state index is -0.657. The van der Waals surface area contributed by atoms with Gasteiger partial charge in [-0.1, -0.05) is 38.0 Å². The third kappa shape index (κ3) is 4.46. The van der Waals surface area contributed by atoms with Gasteiger partial charge < -0.3 is 15.1 Å². The van der Waals surface area contributed by atoms with E-state index in [1.165, 1.54) is 6.07 Å². The van der Waals surface area contributed by atoms with Crippen LogP contribution < -0.4 is 0 Å². The van der Waals surface area contributed by atoms with E-state index in [9.17, 15) is 10.2 Å². The van der Waals surface area contributed by atoms with Crippen molar-refractivity contribution < 1.29 is 14.6 Å². The number of benzene rings is 2. The maximum Gasteiger partial charge on any atom is 0.175 e. The number of aromatic hydroxyl groups is 1. The second-order valence-corrected chi connectivity index (χ2v) is 8.23. The number of halogens is 1.